The van der Waals surface area contributed by atoms with Crippen molar-refractivity contribution >= 4 is 16.7 Å². The maximum Gasteiger partial charge on any atom is 0.297 e. The third kappa shape index (κ3) is 1.61. The highest BCUT2D eigenvalue weighted by Crippen LogP contribution is 2.34. The molecule has 1 aliphatic heterocycles. The smallest absolute Gasteiger partial charge is 0.263 e. The van der Waals surface area contributed by atoms with Gasteiger partial charge in [-0.15, -0.1) is 0 Å². The molecule has 0 atom stereocenters. The van der Waals surface area contributed by atoms with Crippen LogP contribution in [0, 0.1) is 0 Å². The number of aromatic nitrogens is 4. The van der Waals surface area contributed by atoms with E-state index in [1.54, 1.807) is 0 Å². The fourth-order valence-corrected chi connectivity index (χ4v) is 4.04. The van der Waals surface area contributed by atoms with Crippen LogP contribution >= 0.6 is 0 Å². The molecule has 4 heterocycles. The fraction of sp³-hybridized carbons (Fsp3) is 0.0476. The molecule has 4 heteroatoms. The molecule has 3 aromatic heterocycles. The first-order valence-corrected chi connectivity index (χ1v) is 8.45. The molecule has 0 fully saturated rings. The second-order valence-electron chi connectivity index (χ2n) is 6.47. The first-order valence-electron chi connectivity index (χ1n) is 8.45. The first kappa shape index (κ1) is 13.0. The summed E-state index contributed by atoms with van der Waals surface area (Å²) in [5.74, 6) is 1.24. The Balaban J connectivity index is 1.84. The Bertz CT molecular complexity index is 1260. The van der Waals surface area contributed by atoms with Crippen molar-refractivity contribution in [2.24, 2.45) is 0 Å². The number of benzene rings is 2. The Morgan fingerprint density at radius 1 is 0.920 bits per heavy atom. The molecular formula is C21H15N4+. The van der Waals surface area contributed by atoms with Crippen molar-refractivity contribution in [3.63, 3.8) is 0 Å². The van der Waals surface area contributed by atoms with Gasteiger partial charge >= 0.3 is 0 Å². The molecule has 0 radical (unpaired) electrons. The molecule has 118 valence electrons. The fourth-order valence-electron chi connectivity index (χ4n) is 4.04. The largest absolute Gasteiger partial charge is 0.297 e. The molecular weight excluding hydrogens is 308 g/mol. The third-order valence-electron chi connectivity index (χ3n) is 5.10. The number of hydrogen-bond donors (Lipinski definition) is 0. The van der Waals surface area contributed by atoms with Crippen LogP contribution in [-0.2, 0) is 6.54 Å². The van der Waals surface area contributed by atoms with Gasteiger partial charge in [0.25, 0.3) is 11.5 Å². The minimum Gasteiger partial charge on any atom is -0.263 e. The highest BCUT2D eigenvalue weighted by atomic mass is 15.2. The second-order valence-corrected chi connectivity index (χ2v) is 6.47. The van der Waals surface area contributed by atoms with Crippen LogP contribution in [0.15, 0.2) is 79.3 Å². The van der Waals surface area contributed by atoms with Gasteiger partial charge in [0, 0.05) is 17.8 Å². The summed E-state index contributed by atoms with van der Waals surface area (Å²) in [5, 5.41) is 0. The zero-order chi connectivity index (χ0) is 16.4. The summed E-state index contributed by atoms with van der Waals surface area (Å²) in [7, 11) is 0. The van der Waals surface area contributed by atoms with Crippen LogP contribution in [0.1, 0.15) is 5.56 Å². The van der Waals surface area contributed by atoms with Crippen molar-refractivity contribution in [3.8, 4) is 17.1 Å². The number of fused-ring (bicyclic) bond motifs is 7. The van der Waals surface area contributed by atoms with Gasteiger partial charge in [0.1, 0.15) is 18.6 Å². The number of nitrogens with zero attached hydrogens (tertiary/aromatic N) is 4. The van der Waals surface area contributed by atoms with Crippen molar-refractivity contribution in [1.29, 1.82) is 0 Å². The number of imidazole rings is 1. The van der Waals surface area contributed by atoms with Crippen LogP contribution in [0.4, 0.5) is 0 Å². The Morgan fingerprint density at radius 3 is 2.68 bits per heavy atom. The molecule has 0 spiro atoms. The molecule has 6 rings (SSSR count). The van der Waals surface area contributed by atoms with E-state index in [1.165, 1.54) is 33.8 Å². The minimum absolute atomic E-state index is 0.909. The Kier molecular flexibility index (Phi) is 2.37. The lowest BCUT2D eigenvalue weighted by Gasteiger charge is -2.02. The van der Waals surface area contributed by atoms with Crippen molar-refractivity contribution in [3.05, 3.63) is 84.8 Å². The molecule has 0 bridgehead atoms. The zero-order valence-corrected chi connectivity index (χ0v) is 13.5. The minimum atomic E-state index is 0.909. The van der Waals surface area contributed by atoms with E-state index in [2.05, 4.69) is 85.2 Å². The zero-order valence-electron chi connectivity index (χ0n) is 13.5. The summed E-state index contributed by atoms with van der Waals surface area (Å²) >= 11 is 0. The van der Waals surface area contributed by atoms with Gasteiger partial charge in [-0.2, -0.15) is 4.57 Å². The molecule has 5 aromatic rings. The maximum atomic E-state index is 4.34. The highest BCUT2D eigenvalue weighted by Gasteiger charge is 2.36. The lowest BCUT2D eigenvalue weighted by Crippen LogP contribution is -2.31. The number of hydrogen-bond acceptors (Lipinski definition) is 1. The topological polar surface area (TPSA) is 26.1 Å². The van der Waals surface area contributed by atoms with E-state index in [4.69, 9.17) is 0 Å². The maximum absolute atomic E-state index is 4.34. The van der Waals surface area contributed by atoms with E-state index in [0.717, 1.165) is 12.1 Å². The van der Waals surface area contributed by atoms with E-state index in [-0.39, 0.29) is 0 Å². The van der Waals surface area contributed by atoms with Crippen LogP contribution in [0.3, 0.4) is 0 Å². The molecule has 25 heavy (non-hydrogen) atoms. The normalized spacial score (nSPS) is 12.6. The predicted octanol–water partition coefficient (Wildman–Crippen LogP) is 3.59. The van der Waals surface area contributed by atoms with Gasteiger partial charge in [-0.3, -0.25) is 4.40 Å². The summed E-state index contributed by atoms with van der Waals surface area (Å²) in [4.78, 5) is 4.34. The molecule has 0 saturated carbocycles. The lowest BCUT2D eigenvalue weighted by atomic mass is 10.1. The van der Waals surface area contributed by atoms with E-state index in [1.807, 2.05) is 12.5 Å². The summed E-state index contributed by atoms with van der Waals surface area (Å²) in [6, 6.07) is 23.6. The van der Waals surface area contributed by atoms with Crippen molar-refractivity contribution in [2.75, 3.05) is 0 Å². The van der Waals surface area contributed by atoms with Crippen LogP contribution in [0.5, 0.6) is 0 Å². The van der Waals surface area contributed by atoms with Gasteiger partial charge in [0.05, 0.1) is 11.1 Å². The number of rotatable bonds is 1. The molecule has 0 saturated heterocycles. The second kappa shape index (κ2) is 4.57. The highest BCUT2D eigenvalue weighted by molar-refractivity contribution is 5.84. The van der Waals surface area contributed by atoms with Crippen molar-refractivity contribution in [2.45, 2.75) is 6.54 Å². The predicted molar refractivity (Wildman–Crippen MR) is 96.8 cm³/mol. The van der Waals surface area contributed by atoms with Gasteiger partial charge in [0.2, 0.25) is 0 Å². The Hall–Kier alpha value is -3.40. The molecule has 0 unspecified atom stereocenters. The Labute approximate surface area is 144 Å². The van der Waals surface area contributed by atoms with Crippen LogP contribution in [0.2, 0.25) is 0 Å². The molecule has 4 nitrogen and oxygen atoms in total. The van der Waals surface area contributed by atoms with Crippen LogP contribution < -0.4 is 4.57 Å². The van der Waals surface area contributed by atoms with Crippen molar-refractivity contribution < 1.29 is 4.57 Å². The summed E-state index contributed by atoms with van der Waals surface area (Å²) in [6.07, 6.45) is 3.75. The quantitative estimate of drug-likeness (QED) is 0.425. The summed E-state index contributed by atoms with van der Waals surface area (Å²) in [5.41, 5.74) is 7.41. The van der Waals surface area contributed by atoms with Gasteiger partial charge in [0.15, 0.2) is 5.52 Å². The third-order valence-corrected chi connectivity index (χ3v) is 5.10. The van der Waals surface area contributed by atoms with Gasteiger partial charge in [-0.1, -0.05) is 36.4 Å². The molecule has 2 aromatic carbocycles. The Morgan fingerprint density at radius 2 is 1.76 bits per heavy atom. The van der Waals surface area contributed by atoms with Gasteiger partial charge in [-0.05, 0) is 24.3 Å². The van der Waals surface area contributed by atoms with E-state index in [0.29, 0.717) is 0 Å². The SMILES string of the molecule is c1ccc(-n2c3[n+](c4cc5ccncn5c42)Cc2ccccc2-3)cc1. The van der Waals surface area contributed by atoms with Crippen LogP contribution in [0.25, 0.3) is 33.8 Å². The van der Waals surface area contributed by atoms with E-state index >= 15 is 0 Å². The summed E-state index contributed by atoms with van der Waals surface area (Å²) in [6.45, 7) is 0.909. The van der Waals surface area contributed by atoms with Gasteiger partial charge < -0.3 is 0 Å². The summed E-state index contributed by atoms with van der Waals surface area (Å²) < 4.78 is 6.95. The number of para-hydroxylation sites is 1. The van der Waals surface area contributed by atoms with E-state index < -0.39 is 0 Å². The molecule has 1 aliphatic rings. The van der Waals surface area contributed by atoms with Crippen molar-refractivity contribution in [1.82, 2.24) is 14.0 Å². The van der Waals surface area contributed by atoms with Crippen LogP contribution in [-0.4, -0.2) is 14.0 Å². The lowest BCUT2D eigenvalue weighted by molar-refractivity contribution is -0.645. The average Bonchev–Trinajstić information content (AvgIpc) is 3.30. The molecule has 0 aliphatic carbocycles. The monoisotopic (exact) mass is 323 g/mol. The standard InChI is InChI=1S/C21H15N4/c1-2-7-16(8-3-1)25-20-18-9-5-4-6-15(18)13-23(20)19-12-17-10-11-22-14-24(17)21(19)25/h1-12,14H,13H2/q+1. The molecule has 0 N–H and O–H groups in total. The van der Waals surface area contributed by atoms with Gasteiger partial charge in [-0.25, -0.2) is 9.55 Å². The first-order chi connectivity index (χ1) is 12.4. The average molecular weight is 323 g/mol. The molecule has 0 amide bonds. The van der Waals surface area contributed by atoms with E-state index in [9.17, 15) is 0 Å².